The summed E-state index contributed by atoms with van der Waals surface area (Å²) in [5.41, 5.74) is 2.07. The van der Waals surface area contributed by atoms with E-state index in [0.29, 0.717) is 31.4 Å². The molecule has 164 valence electrons. The lowest BCUT2D eigenvalue weighted by molar-refractivity contribution is 0.0981. The Hall–Kier alpha value is -3.44. The van der Waals surface area contributed by atoms with Crippen LogP contribution in [0.15, 0.2) is 79.1 Å². The molecule has 4 aromatic rings. The summed E-state index contributed by atoms with van der Waals surface area (Å²) in [6.07, 6.45) is 5.67. The van der Waals surface area contributed by atoms with Crippen molar-refractivity contribution >= 4 is 10.8 Å². The van der Waals surface area contributed by atoms with Crippen LogP contribution in [0.4, 0.5) is 0 Å². The molecule has 0 spiro atoms. The SMILES string of the molecule is CCCCOCCOc1ccc2cc(-c3ncc(OCc4ccccc4)cn3)ccc2c1. The van der Waals surface area contributed by atoms with Crippen molar-refractivity contribution in [2.24, 2.45) is 0 Å². The topological polar surface area (TPSA) is 53.5 Å². The number of rotatable bonds is 11. The smallest absolute Gasteiger partial charge is 0.159 e. The molecule has 0 aliphatic carbocycles. The predicted octanol–water partition coefficient (Wildman–Crippen LogP) is 6.07. The van der Waals surface area contributed by atoms with Gasteiger partial charge in [-0.15, -0.1) is 0 Å². The van der Waals surface area contributed by atoms with E-state index in [1.54, 1.807) is 12.4 Å². The van der Waals surface area contributed by atoms with E-state index in [4.69, 9.17) is 14.2 Å². The number of benzene rings is 3. The van der Waals surface area contributed by atoms with Crippen molar-refractivity contribution in [2.75, 3.05) is 19.8 Å². The molecule has 0 amide bonds. The number of nitrogens with zero attached hydrogens (tertiary/aromatic N) is 2. The molecular weight excluding hydrogens is 400 g/mol. The fraction of sp³-hybridized carbons (Fsp3) is 0.259. The van der Waals surface area contributed by atoms with Gasteiger partial charge in [-0.2, -0.15) is 0 Å². The molecule has 4 rings (SSSR count). The molecule has 1 aromatic heterocycles. The highest BCUT2D eigenvalue weighted by atomic mass is 16.5. The van der Waals surface area contributed by atoms with Crippen molar-refractivity contribution in [3.63, 3.8) is 0 Å². The van der Waals surface area contributed by atoms with Gasteiger partial charge in [0.05, 0.1) is 19.0 Å². The summed E-state index contributed by atoms with van der Waals surface area (Å²) in [6, 6.07) is 22.3. The van der Waals surface area contributed by atoms with Crippen LogP contribution < -0.4 is 9.47 Å². The molecule has 0 saturated carbocycles. The Morgan fingerprint density at radius 3 is 2.31 bits per heavy atom. The minimum absolute atomic E-state index is 0.495. The monoisotopic (exact) mass is 428 g/mol. The van der Waals surface area contributed by atoms with Crippen molar-refractivity contribution in [3.8, 4) is 22.9 Å². The molecule has 3 aromatic carbocycles. The molecule has 32 heavy (non-hydrogen) atoms. The lowest BCUT2D eigenvalue weighted by Gasteiger charge is -2.09. The van der Waals surface area contributed by atoms with Gasteiger partial charge in [-0.3, -0.25) is 0 Å². The first-order valence-corrected chi connectivity index (χ1v) is 11.1. The van der Waals surface area contributed by atoms with Crippen LogP contribution in [0.25, 0.3) is 22.2 Å². The third-order valence-corrected chi connectivity index (χ3v) is 5.09. The van der Waals surface area contributed by atoms with Crippen LogP contribution in [-0.2, 0) is 11.3 Å². The highest BCUT2D eigenvalue weighted by molar-refractivity contribution is 5.87. The highest BCUT2D eigenvalue weighted by Crippen LogP contribution is 2.26. The van der Waals surface area contributed by atoms with Crippen LogP contribution in [0.2, 0.25) is 0 Å². The summed E-state index contributed by atoms with van der Waals surface area (Å²) in [4.78, 5) is 8.96. The largest absolute Gasteiger partial charge is 0.491 e. The molecule has 0 fully saturated rings. The average Bonchev–Trinajstić information content (AvgIpc) is 2.85. The molecule has 0 bridgehead atoms. The molecule has 0 atom stereocenters. The van der Waals surface area contributed by atoms with Gasteiger partial charge in [0.1, 0.15) is 19.0 Å². The van der Waals surface area contributed by atoms with E-state index in [9.17, 15) is 0 Å². The summed E-state index contributed by atoms with van der Waals surface area (Å²) >= 11 is 0. The van der Waals surface area contributed by atoms with Crippen LogP contribution in [0.5, 0.6) is 11.5 Å². The number of unbranched alkanes of at least 4 members (excludes halogenated alkanes) is 1. The molecular formula is C27H28N2O3. The summed E-state index contributed by atoms with van der Waals surface area (Å²) in [5.74, 6) is 2.17. The summed E-state index contributed by atoms with van der Waals surface area (Å²) in [6.45, 7) is 4.61. The lowest BCUT2D eigenvalue weighted by atomic mass is 10.1. The second kappa shape index (κ2) is 11.3. The van der Waals surface area contributed by atoms with Gasteiger partial charge in [-0.05, 0) is 41.0 Å². The van der Waals surface area contributed by atoms with Crippen molar-refractivity contribution < 1.29 is 14.2 Å². The molecule has 0 radical (unpaired) electrons. The number of aromatic nitrogens is 2. The van der Waals surface area contributed by atoms with Gasteiger partial charge < -0.3 is 14.2 Å². The minimum atomic E-state index is 0.495. The molecule has 0 aliphatic heterocycles. The zero-order valence-electron chi connectivity index (χ0n) is 18.4. The Labute approximate surface area is 189 Å². The van der Waals surface area contributed by atoms with Crippen molar-refractivity contribution in [3.05, 3.63) is 84.7 Å². The number of hydrogen-bond donors (Lipinski definition) is 0. The van der Waals surface area contributed by atoms with Gasteiger partial charge in [-0.25, -0.2) is 9.97 Å². The van der Waals surface area contributed by atoms with Crippen molar-refractivity contribution in [1.29, 1.82) is 0 Å². The van der Waals surface area contributed by atoms with E-state index >= 15 is 0 Å². The van der Waals surface area contributed by atoms with Crippen LogP contribution in [-0.4, -0.2) is 29.8 Å². The first-order chi connectivity index (χ1) is 15.8. The normalized spacial score (nSPS) is 10.9. The quantitative estimate of drug-likeness (QED) is 0.271. The third kappa shape index (κ3) is 6.05. The molecule has 5 heteroatoms. The number of fused-ring (bicyclic) bond motifs is 1. The second-order valence-electron chi connectivity index (χ2n) is 7.55. The molecule has 1 heterocycles. The molecule has 0 aliphatic rings. The van der Waals surface area contributed by atoms with E-state index in [2.05, 4.69) is 35.1 Å². The van der Waals surface area contributed by atoms with Gasteiger partial charge in [0.25, 0.3) is 0 Å². The zero-order valence-corrected chi connectivity index (χ0v) is 18.4. The second-order valence-corrected chi connectivity index (χ2v) is 7.55. The van der Waals surface area contributed by atoms with E-state index in [-0.39, 0.29) is 0 Å². The van der Waals surface area contributed by atoms with Crippen LogP contribution in [0.1, 0.15) is 25.3 Å². The predicted molar refractivity (Wildman–Crippen MR) is 127 cm³/mol. The zero-order chi connectivity index (χ0) is 22.0. The van der Waals surface area contributed by atoms with E-state index in [0.717, 1.165) is 47.1 Å². The Bertz CT molecular complexity index is 1110. The van der Waals surface area contributed by atoms with Gasteiger partial charge in [0, 0.05) is 12.2 Å². The minimum Gasteiger partial charge on any atom is -0.491 e. The van der Waals surface area contributed by atoms with E-state index < -0.39 is 0 Å². The maximum absolute atomic E-state index is 5.81. The molecule has 0 N–H and O–H groups in total. The van der Waals surface area contributed by atoms with Crippen LogP contribution in [0, 0.1) is 0 Å². The average molecular weight is 429 g/mol. The first kappa shape index (κ1) is 21.8. The van der Waals surface area contributed by atoms with Gasteiger partial charge in [0.2, 0.25) is 0 Å². The highest BCUT2D eigenvalue weighted by Gasteiger charge is 2.05. The summed E-state index contributed by atoms with van der Waals surface area (Å²) in [5, 5.41) is 2.23. The standard InChI is InChI=1S/C27H28N2O3/c1-2-3-13-30-14-15-31-25-12-11-22-16-24(10-9-23(22)17-25)27-28-18-26(19-29-27)32-20-21-7-5-4-6-8-21/h4-12,16-19H,2-3,13-15,20H2,1H3. The van der Waals surface area contributed by atoms with Crippen molar-refractivity contribution in [2.45, 2.75) is 26.4 Å². The van der Waals surface area contributed by atoms with Crippen LogP contribution >= 0.6 is 0 Å². The van der Waals surface area contributed by atoms with Gasteiger partial charge in [-0.1, -0.05) is 61.9 Å². The fourth-order valence-corrected chi connectivity index (χ4v) is 3.30. The maximum Gasteiger partial charge on any atom is 0.159 e. The molecule has 0 saturated heterocycles. The maximum atomic E-state index is 5.81. The summed E-state index contributed by atoms with van der Waals surface area (Å²) in [7, 11) is 0. The van der Waals surface area contributed by atoms with E-state index in [1.165, 1.54) is 0 Å². The Morgan fingerprint density at radius 2 is 1.50 bits per heavy atom. The molecule has 0 unspecified atom stereocenters. The Kier molecular flexibility index (Phi) is 7.66. The first-order valence-electron chi connectivity index (χ1n) is 11.1. The van der Waals surface area contributed by atoms with Gasteiger partial charge >= 0.3 is 0 Å². The number of ether oxygens (including phenoxy) is 3. The summed E-state index contributed by atoms with van der Waals surface area (Å²) < 4.78 is 17.1. The Balaban J connectivity index is 1.35. The van der Waals surface area contributed by atoms with E-state index in [1.807, 2.05) is 48.5 Å². The lowest BCUT2D eigenvalue weighted by Crippen LogP contribution is -2.07. The molecule has 5 nitrogen and oxygen atoms in total. The fourth-order valence-electron chi connectivity index (χ4n) is 3.30. The van der Waals surface area contributed by atoms with Crippen molar-refractivity contribution in [1.82, 2.24) is 9.97 Å². The van der Waals surface area contributed by atoms with Gasteiger partial charge in [0.15, 0.2) is 11.6 Å². The number of hydrogen-bond acceptors (Lipinski definition) is 5. The van der Waals surface area contributed by atoms with Crippen LogP contribution in [0.3, 0.4) is 0 Å². The Morgan fingerprint density at radius 1 is 0.719 bits per heavy atom. The third-order valence-electron chi connectivity index (χ3n) is 5.09.